The second-order valence-electron chi connectivity index (χ2n) is 8.76. The fourth-order valence-electron chi connectivity index (χ4n) is 3.69. The lowest BCUT2D eigenvalue weighted by Crippen LogP contribution is -2.41. The Hall–Kier alpha value is -1.89. The SMILES string of the molecule is CC1(C)OB(c2cccc(NC(=O)c3ccc4c(n3)CCCC4)c2Cl)OC1(C)C. The van der Waals surface area contributed by atoms with Crippen LogP contribution < -0.4 is 10.8 Å². The molecule has 5 nitrogen and oxygen atoms in total. The number of hydrogen-bond acceptors (Lipinski definition) is 4. The lowest BCUT2D eigenvalue weighted by atomic mass is 9.79. The number of hydrogen-bond donors (Lipinski definition) is 1. The molecule has 7 heteroatoms. The third kappa shape index (κ3) is 3.81. The molecule has 0 unspecified atom stereocenters. The average molecular weight is 413 g/mol. The number of carbonyl (C=O) groups excluding carboxylic acids is 1. The zero-order valence-corrected chi connectivity index (χ0v) is 18.1. The lowest BCUT2D eigenvalue weighted by molar-refractivity contribution is 0.00578. The molecule has 1 amide bonds. The number of carbonyl (C=O) groups is 1. The van der Waals surface area contributed by atoms with Crippen molar-refractivity contribution in [3.05, 3.63) is 52.3 Å². The normalized spacial score (nSPS) is 19.7. The number of aromatic nitrogens is 1. The summed E-state index contributed by atoms with van der Waals surface area (Å²) in [7, 11) is -0.591. The third-order valence-corrected chi connectivity index (χ3v) is 6.62. The van der Waals surface area contributed by atoms with Gasteiger partial charge in [-0.3, -0.25) is 4.79 Å². The fourth-order valence-corrected chi connectivity index (χ4v) is 3.96. The van der Waals surface area contributed by atoms with Gasteiger partial charge >= 0.3 is 7.12 Å². The predicted molar refractivity (Wildman–Crippen MR) is 116 cm³/mol. The highest BCUT2D eigenvalue weighted by molar-refractivity contribution is 6.66. The molecule has 0 bridgehead atoms. The van der Waals surface area contributed by atoms with Gasteiger partial charge in [-0.25, -0.2) is 4.98 Å². The van der Waals surface area contributed by atoms with Crippen molar-refractivity contribution in [3.8, 4) is 0 Å². The maximum atomic E-state index is 12.8. The van der Waals surface area contributed by atoms with E-state index in [4.69, 9.17) is 20.9 Å². The number of halogens is 1. The summed E-state index contributed by atoms with van der Waals surface area (Å²) in [5.41, 5.74) is 2.96. The van der Waals surface area contributed by atoms with E-state index in [0.717, 1.165) is 25.0 Å². The monoisotopic (exact) mass is 412 g/mol. The third-order valence-electron chi connectivity index (χ3n) is 6.19. The minimum Gasteiger partial charge on any atom is -0.399 e. The molecule has 1 fully saturated rings. The first kappa shape index (κ1) is 20.4. The van der Waals surface area contributed by atoms with E-state index in [2.05, 4.69) is 10.3 Å². The zero-order chi connectivity index (χ0) is 20.8. The van der Waals surface area contributed by atoms with E-state index in [-0.39, 0.29) is 5.91 Å². The van der Waals surface area contributed by atoms with E-state index in [1.807, 2.05) is 45.9 Å². The van der Waals surface area contributed by atoms with E-state index < -0.39 is 18.3 Å². The fraction of sp³-hybridized carbons (Fsp3) is 0.455. The molecule has 1 aromatic carbocycles. The molecule has 1 N–H and O–H groups in total. The van der Waals surface area contributed by atoms with Crippen LogP contribution in [0.4, 0.5) is 5.69 Å². The maximum absolute atomic E-state index is 12.8. The lowest BCUT2D eigenvalue weighted by Gasteiger charge is -2.32. The first-order valence-electron chi connectivity index (χ1n) is 10.1. The van der Waals surface area contributed by atoms with Gasteiger partial charge in [0.1, 0.15) is 5.69 Å². The summed E-state index contributed by atoms with van der Waals surface area (Å²) in [6, 6.07) is 9.26. The molecule has 2 aliphatic rings. The molecular weight excluding hydrogens is 387 g/mol. The number of rotatable bonds is 3. The molecule has 1 saturated heterocycles. The van der Waals surface area contributed by atoms with Crippen LogP contribution in [-0.2, 0) is 22.2 Å². The van der Waals surface area contributed by atoms with Crippen LogP contribution in [0.2, 0.25) is 5.02 Å². The Morgan fingerprint density at radius 1 is 1.07 bits per heavy atom. The van der Waals surface area contributed by atoms with Gasteiger partial charge in [-0.1, -0.05) is 29.8 Å². The number of anilines is 1. The minimum absolute atomic E-state index is 0.272. The summed E-state index contributed by atoms with van der Waals surface area (Å²) >= 11 is 6.63. The highest BCUT2D eigenvalue weighted by Crippen LogP contribution is 2.37. The molecule has 4 rings (SSSR count). The van der Waals surface area contributed by atoms with Crippen molar-refractivity contribution in [1.29, 1.82) is 0 Å². The number of benzene rings is 1. The van der Waals surface area contributed by atoms with Crippen LogP contribution in [0.5, 0.6) is 0 Å². The Morgan fingerprint density at radius 3 is 2.48 bits per heavy atom. The van der Waals surface area contributed by atoms with Gasteiger partial charge in [-0.15, -0.1) is 0 Å². The Kier molecular flexibility index (Phi) is 5.22. The van der Waals surface area contributed by atoms with Crippen LogP contribution in [0.25, 0.3) is 0 Å². The van der Waals surface area contributed by atoms with Crippen molar-refractivity contribution in [2.24, 2.45) is 0 Å². The Balaban J connectivity index is 1.56. The van der Waals surface area contributed by atoms with Crippen LogP contribution in [0.3, 0.4) is 0 Å². The summed E-state index contributed by atoms with van der Waals surface area (Å²) in [6.45, 7) is 7.98. The second kappa shape index (κ2) is 7.42. The van der Waals surface area contributed by atoms with Crippen LogP contribution in [0.1, 0.15) is 62.3 Å². The standard InChI is InChI=1S/C22H26BClN2O3/c1-21(2)22(3,4)29-23(28-21)15-9-7-11-17(19(15)24)26-20(27)18-13-12-14-8-5-6-10-16(14)25-18/h7,9,11-13H,5-6,8,10H2,1-4H3,(H,26,27). The molecule has 1 aromatic heterocycles. The van der Waals surface area contributed by atoms with Crippen molar-refractivity contribution < 1.29 is 14.1 Å². The number of amides is 1. The quantitative estimate of drug-likeness (QED) is 0.769. The molecule has 29 heavy (non-hydrogen) atoms. The highest BCUT2D eigenvalue weighted by atomic mass is 35.5. The Bertz CT molecular complexity index is 945. The average Bonchev–Trinajstić information content (AvgIpc) is 2.90. The Labute approximate surface area is 177 Å². The molecule has 2 aromatic rings. The molecule has 0 spiro atoms. The van der Waals surface area contributed by atoms with E-state index in [0.29, 0.717) is 21.9 Å². The molecule has 2 heterocycles. The van der Waals surface area contributed by atoms with Gasteiger partial charge in [0.05, 0.1) is 21.9 Å². The topological polar surface area (TPSA) is 60.5 Å². The second-order valence-corrected chi connectivity index (χ2v) is 9.14. The molecule has 0 radical (unpaired) electrons. The number of nitrogens with one attached hydrogen (secondary N) is 1. The highest BCUT2D eigenvalue weighted by Gasteiger charge is 2.52. The van der Waals surface area contributed by atoms with Crippen LogP contribution in [-0.4, -0.2) is 29.2 Å². The molecule has 0 atom stereocenters. The summed E-state index contributed by atoms with van der Waals surface area (Å²) in [6.07, 6.45) is 4.26. The molecule has 1 aliphatic heterocycles. The number of nitrogens with zero attached hydrogens (tertiary/aromatic N) is 1. The predicted octanol–water partition coefficient (Wildman–Crippen LogP) is 4.17. The van der Waals surface area contributed by atoms with Crippen molar-refractivity contribution in [2.75, 3.05) is 5.32 Å². The van der Waals surface area contributed by atoms with Gasteiger partial charge in [-0.2, -0.15) is 0 Å². The molecule has 152 valence electrons. The minimum atomic E-state index is -0.591. The maximum Gasteiger partial charge on any atom is 0.496 e. The van der Waals surface area contributed by atoms with Gasteiger partial charge < -0.3 is 14.6 Å². The van der Waals surface area contributed by atoms with Gasteiger partial charge in [0.15, 0.2) is 0 Å². The van der Waals surface area contributed by atoms with Gasteiger partial charge in [-0.05, 0) is 71.1 Å². The van der Waals surface area contributed by atoms with E-state index >= 15 is 0 Å². The van der Waals surface area contributed by atoms with E-state index in [1.54, 1.807) is 12.1 Å². The summed E-state index contributed by atoms with van der Waals surface area (Å²) in [5.74, 6) is -0.272. The summed E-state index contributed by atoms with van der Waals surface area (Å²) in [4.78, 5) is 17.4. The van der Waals surface area contributed by atoms with Gasteiger partial charge in [0, 0.05) is 11.2 Å². The van der Waals surface area contributed by atoms with Gasteiger partial charge in [0.25, 0.3) is 5.91 Å². The molecule has 0 saturated carbocycles. The van der Waals surface area contributed by atoms with Crippen LogP contribution in [0.15, 0.2) is 30.3 Å². The van der Waals surface area contributed by atoms with Crippen LogP contribution in [0, 0.1) is 0 Å². The number of pyridine rings is 1. The first-order chi connectivity index (χ1) is 13.7. The molecule has 1 aliphatic carbocycles. The summed E-state index contributed by atoms with van der Waals surface area (Å²) in [5, 5.41) is 3.31. The van der Waals surface area contributed by atoms with Gasteiger partial charge in [0.2, 0.25) is 0 Å². The smallest absolute Gasteiger partial charge is 0.399 e. The van der Waals surface area contributed by atoms with E-state index in [9.17, 15) is 4.79 Å². The van der Waals surface area contributed by atoms with Crippen molar-refractivity contribution in [3.63, 3.8) is 0 Å². The van der Waals surface area contributed by atoms with E-state index in [1.165, 1.54) is 12.0 Å². The summed E-state index contributed by atoms with van der Waals surface area (Å²) < 4.78 is 12.2. The zero-order valence-electron chi connectivity index (χ0n) is 17.3. The largest absolute Gasteiger partial charge is 0.496 e. The number of aryl methyl sites for hydroxylation is 2. The number of fused-ring (bicyclic) bond motifs is 1. The van der Waals surface area contributed by atoms with Crippen molar-refractivity contribution in [1.82, 2.24) is 4.98 Å². The van der Waals surface area contributed by atoms with Crippen molar-refractivity contribution in [2.45, 2.75) is 64.6 Å². The molecular formula is C22H26BClN2O3. The van der Waals surface area contributed by atoms with Crippen molar-refractivity contribution >= 4 is 35.8 Å². The first-order valence-corrected chi connectivity index (χ1v) is 10.5. The van der Waals surface area contributed by atoms with Crippen LogP contribution >= 0.6 is 11.6 Å². The Morgan fingerprint density at radius 2 is 1.76 bits per heavy atom.